The summed E-state index contributed by atoms with van der Waals surface area (Å²) in [4.78, 5) is 23.0. The molecule has 0 heterocycles. The molecule has 0 fully saturated rings. The van der Waals surface area contributed by atoms with Crippen LogP contribution in [0.1, 0.15) is 13.3 Å². The van der Waals surface area contributed by atoms with Crippen molar-refractivity contribution < 1.29 is 14.3 Å². The molecule has 21 heavy (non-hydrogen) atoms. The van der Waals surface area contributed by atoms with Crippen LogP contribution >= 0.6 is 24.0 Å². The molecule has 0 aliphatic carbocycles. The molecule has 1 aromatic rings. The lowest BCUT2D eigenvalue weighted by molar-refractivity contribution is -0.122. The molecule has 0 aliphatic rings. The second-order valence-electron chi connectivity index (χ2n) is 4.22. The molecule has 0 saturated heterocycles. The first-order valence-electron chi connectivity index (χ1n) is 6.10. The van der Waals surface area contributed by atoms with Gasteiger partial charge < -0.3 is 21.1 Å². The minimum Gasteiger partial charge on any atom is -0.495 e. The predicted octanol–water partition coefficient (Wildman–Crippen LogP) is 1.56. The lowest BCUT2D eigenvalue weighted by Gasteiger charge is -2.11. The average molecular weight is 336 g/mol. The highest BCUT2D eigenvalue weighted by molar-refractivity contribution is 6.31. The van der Waals surface area contributed by atoms with Crippen molar-refractivity contribution in [2.45, 2.75) is 19.4 Å². The Balaban J connectivity index is 0.00000400. The molecule has 1 aromatic carbocycles. The van der Waals surface area contributed by atoms with Crippen molar-refractivity contribution in [2.24, 2.45) is 5.73 Å². The maximum absolute atomic E-state index is 11.8. The number of amides is 2. The van der Waals surface area contributed by atoms with Crippen LogP contribution in [0.4, 0.5) is 5.69 Å². The molecule has 2 amide bonds. The number of benzene rings is 1. The van der Waals surface area contributed by atoms with E-state index in [4.69, 9.17) is 22.1 Å². The zero-order valence-electron chi connectivity index (χ0n) is 11.8. The van der Waals surface area contributed by atoms with Crippen molar-refractivity contribution in [1.29, 1.82) is 0 Å². The highest BCUT2D eigenvalue weighted by Gasteiger charge is 2.10. The number of anilines is 1. The van der Waals surface area contributed by atoms with Crippen LogP contribution in [0.25, 0.3) is 0 Å². The standard InChI is InChI=1S/C13H18ClN3O3.ClH/c1-8(15)13(19)16-6-5-12(18)17-10-7-9(14)3-4-11(10)20-2;/h3-4,7-8H,5-6,15H2,1-2H3,(H,16,19)(H,17,18);1H/t8-;/m0./s1. The Kier molecular flexibility index (Phi) is 8.76. The quantitative estimate of drug-likeness (QED) is 0.735. The van der Waals surface area contributed by atoms with E-state index in [9.17, 15) is 9.59 Å². The fraction of sp³-hybridized carbons (Fsp3) is 0.385. The summed E-state index contributed by atoms with van der Waals surface area (Å²) >= 11 is 5.86. The van der Waals surface area contributed by atoms with Crippen LogP contribution in [-0.2, 0) is 9.59 Å². The molecule has 4 N–H and O–H groups in total. The molecule has 0 aromatic heterocycles. The number of hydrogen-bond acceptors (Lipinski definition) is 4. The van der Waals surface area contributed by atoms with Crippen molar-refractivity contribution in [1.82, 2.24) is 5.32 Å². The monoisotopic (exact) mass is 335 g/mol. The van der Waals surface area contributed by atoms with Crippen molar-refractivity contribution in [3.63, 3.8) is 0 Å². The van der Waals surface area contributed by atoms with E-state index < -0.39 is 6.04 Å². The summed E-state index contributed by atoms with van der Waals surface area (Å²) in [5, 5.41) is 5.72. The summed E-state index contributed by atoms with van der Waals surface area (Å²) in [6.45, 7) is 1.79. The molecular formula is C13H19Cl2N3O3. The minimum absolute atomic E-state index is 0. The Morgan fingerprint density at radius 1 is 1.43 bits per heavy atom. The van der Waals surface area contributed by atoms with E-state index in [1.54, 1.807) is 25.1 Å². The lowest BCUT2D eigenvalue weighted by Crippen LogP contribution is -2.39. The largest absolute Gasteiger partial charge is 0.495 e. The van der Waals surface area contributed by atoms with Gasteiger partial charge in [-0.2, -0.15) is 0 Å². The summed E-state index contributed by atoms with van der Waals surface area (Å²) in [7, 11) is 1.50. The third-order valence-corrected chi connectivity index (χ3v) is 2.74. The van der Waals surface area contributed by atoms with E-state index in [0.29, 0.717) is 16.5 Å². The van der Waals surface area contributed by atoms with E-state index in [1.807, 2.05) is 0 Å². The molecule has 1 rings (SSSR count). The van der Waals surface area contributed by atoms with Gasteiger partial charge >= 0.3 is 0 Å². The van der Waals surface area contributed by atoms with Gasteiger partial charge in [0.25, 0.3) is 0 Å². The molecule has 0 saturated carbocycles. The second kappa shape index (κ2) is 9.44. The van der Waals surface area contributed by atoms with E-state index in [-0.39, 0.29) is 37.2 Å². The first-order chi connectivity index (χ1) is 9.43. The molecule has 8 heteroatoms. The van der Waals surface area contributed by atoms with Crippen molar-refractivity contribution >= 4 is 41.5 Å². The number of rotatable bonds is 6. The van der Waals surface area contributed by atoms with E-state index in [2.05, 4.69) is 10.6 Å². The third kappa shape index (κ3) is 6.66. The molecule has 1 atom stereocenters. The van der Waals surface area contributed by atoms with Crippen LogP contribution in [0.2, 0.25) is 5.02 Å². The van der Waals surface area contributed by atoms with Crippen molar-refractivity contribution in [3.8, 4) is 5.75 Å². The van der Waals surface area contributed by atoms with Crippen LogP contribution < -0.4 is 21.1 Å². The van der Waals surface area contributed by atoms with Gasteiger partial charge in [0.05, 0.1) is 18.8 Å². The van der Waals surface area contributed by atoms with Gasteiger partial charge in [-0.25, -0.2) is 0 Å². The molecule has 6 nitrogen and oxygen atoms in total. The van der Waals surface area contributed by atoms with Gasteiger partial charge in [0.2, 0.25) is 11.8 Å². The zero-order valence-corrected chi connectivity index (χ0v) is 13.4. The van der Waals surface area contributed by atoms with E-state index in [1.165, 1.54) is 7.11 Å². The Morgan fingerprint density at radius 2 is 2.10 bits per heavy atom. The molecule has 0 unspecified atom stereocenters. The van der Waals surface area contributed by atoms with Crippen molar-refractivity contribution in [3.05, 3.63) is 23.2 Å². The lowest BCUT2D eigenvalue weighted by atomic mass is 10.2. The number of halogens is 2. The number of carbonyl (C=O) groups is 2. The number of carbonyl (C=O) groups excluding carboxylic acids is 2. The number of hydrogen-bond donors (Lipinski definition) is 3. The molecular weight excluding hydrogens is 317 g/mol. The fourth-order valence-electron chi connectivity index (χ4n) is 1.45. The van der Waals surface area contributed by atoms with Gasteiger partial charge in [-0.1, -0.05) is 11.6 Å². The number of nitrogens with two attached hydrogens (primary N) is 1. The second-order valence-corrected chi connectivity index (χ2v) is 4.66. The van der Waals surface area contributed by atoms with Gasteiger partial charge in [0.1, 0.15) is 5.75 Å². The van der Waals surface area contributed by atoms with Gasteiger partial charge in [-0.3, -0.25) is 9.59 Å². The maximum Gasteiger partial charge on any atom is 0.236 e. The summed E-state index contributed by atoms with van der Waals surface area (Å²) in [5.74, 6) is -0.0314. The van der Waals surface area contributed by atoms with Crippen LogP contribution in [0.3, 0.4) is 0 Å². The van der Waals surface area contributed by atoms with Gasteiger partial charge in [-0.05, 0) is 25.1 Å². The van der Waals surface area contributed by atoms with E-state index in [0.717, 1.165) is 0 Å². The van der Waals surface area contributed by atoms with Gasteiger partial charge in [-0.15, -0.1) is 12.4 Å². The Bertz CT molecular complexity index is 496. The highest BCUT2D eigenvalue weighted by Crippen LogP contribution is 2.27. The molecule has 0 radical (unpaired) electrons. The molecule has 0 aliphatic heterocycles. The molecule has 0 bridgehead atoms. The van der Waals surface area contributed by atoms with Crippen LogP contribution in [-0.4, -0.2) is 31.5 Å². The summed E-state index contributed by atoms with van der Waals surface area (Å²) < 4.78 is 5.12. The van der Waals surface area contributed by atoms with Gasteiger partial charge in [0.15, 0.2) is 0 Å². The smallest absolute Gasteiger partial charge is 0.236 e. The highest BCUT2D eigenvalue weighted by atomic mass is 35.5. The molecule has 0 spiro atoms. The third-order valence-electron chi connectivity index (χ3n) is 2.50. The van der Waals surface area contributed by atoms with E-state index >= 15 is 0 Å². The normalized spacial score (nSPS) is 11.0. The summed E-state index contributed by atoms with van der Waals surface area (Å²) in [6, 6.07) is 4.33. The van der Waals surface area contributed by atoms with Crippen LogP contribution in [0, 0.1) is 0 Å². The van der Waals surface area contributed by atoms with Gasteiger partial charge in [0, 0.05) is 18.0 Å². The summed E-state index contributed by atoms with van der Waals surface area (Å²) in [6.07, 6.45) is 0.133. The number of methoxy groups -OCH3 is 1. The number of nitrogens with one attached hydrogen (secondary N) is 2. The Labute approximate surface area is 134 Å². The Hall–Kier alpha value is -1.50. The fourth-order valence-corrected chi connectivity index (χ4v) is 1.62. The first kappa shape index (κ1) is 19.5. The predicted molar refractivity (Wildman–Crippen MR) is 85.2 cm³/mol. The van der Waals surface area contributed by atoms with Crippen LogP contribution in [0.5, 0.6) is 5.75 Å². The topological polar surface area (TPSA) is 93.5 Å². The minimum atomic E-state index is -0.592. The number of ether oxygens (including phenoxy) is 1. The SMILES string of the molecule is COc1ccc(Cl)cc1NC(=O)CCNC(=O)[C@H](C)N.Cl. The molecule has 118 valence electrons. The first-order valence-corrected chi connectivity index (χ1v) is 6.48. The Morgan fingerprint density at radius 3 is 2.67 bits per heavy atom. The van der Waals surface area contributed by atoms with Crippen LogP contribution in [0.15, 0.2) is 18.2 Å². The zero-order chi connectivity index (χ0) is 15.1. The average Bonchev–Trinajstić information content (AvgIpc) is 2.38. The summed E-state index contributed by atoms with van der Waals surface area (Å²) in [5.41, 5.74) is 5.88. The maximum atomic E-state index is 11.8. The van der Waals surface area contributed by atoms with Crippen molar-refractivity contribution in [2.75, 3.05) is 19.0 Å².